The molecule has 2 aliphatic rings. The van der Waals surface area contributed by atoms with Crippen molar-refractivity contribution in [2.45, 2.75) is 12.5 Å². The minimum atomic E-state index is -0.108. The molecule has 0 radical (unpaired) electrons. The molecule has 0 aromatic heterocycles. The number of hydrogen-bond acceptors (Lipinski definition) is 4. The van der Waals surface area contributed by atoms with Gasteiger partial charge in [0.2, 0.25) is 0 Å². The Morgan fingerprint density at radius 1 is 1.19 bits per heavy atom. The van der Waals surface area contributed by atoms with E-state index in [2.05, 4.69) is 28.0 Å². The molecule has 0 aliphatic carbocycles. The first-order chi connectivity index (χ1) is 10.4. The maximum Gasteiger partial charge on any atom is 0.123 e. The van der Waals surface area contributed by atoms with Crippen LogP contribution in [0.3, 0.4) is 0 Å². The Morgan fingerprint density at radius 2 is 1.95 bits per heavy atom. The molecule has 0 N–H and O–H groups in total. The van der Waals surface area contributed by atoms with Gasteiger partial charge >= 0.3 is 0 Å². The summed E-state index contributed by atoms with van der Waals surface area (Å²) in [7, 11) is 0. The molecule has 1 aromatic carbocycles. The average Bonchev–Trinajstić information content (AvgIpc) is 3.04. The van der Waals surface area contributed by atoms with Crippen molar-refractivity contribution in [2.75, 3.05) is 45.9 Å². The van der Waals surface area contributed by atoms with Crippen molar-refractivity contribution in [2.24, 2.45) is 5.92 Å². The van der Waals surface area contributed by atoms with Gasteiger partial charge in [-0.2, -0.15) is 5.26 Å². The normalized spacial score (nSPS) is 25.6. The molecule has 0 bridgehead atoms. The summed E-state index contributed by atoms with van der Waals surface area (Å²) in [6, 6.07) is 12.5. The van der Waals surface area contributed by atoms with E-state index in [0.717, 1.165) is 51.5 Å². The highest BCUT2D eigenvalue weighted by molar-refractivity contribution is 5.24. The third-order valence-electron chi connectivity index (χ3n) is 4.55. The summed E-state index contributed by atoms with van der Waals surface area (Å²) in [6.45, 7) is 7.06. The smallest absolute Gasteiger partial charge is 0.123 e. The number of piperazine rings is 1. The van der Waals surface area contributed by atoms with Gasteiger partial charge in [-0.1, -0.05) is 30.3 Å². The summed E-state index contributed by atoms with van der Waals surface area (Å²) >= 11 is 0. The predicted molar refractivity (Wildman–Crippen MR) is 81.7 cm³/mol. The first-order valence-electron chi connectivity index (χ1n) is 7.85. The highest BCUT2D eigenvalue weighted by Gasteiger charge is 2.26. The van der Waals surface area contributed by atoms with Crippen molar-refractivity contribution < 1.29 is 4.74 Å². The van der Waals surface area contributed by atoms with Gasteiger partial charge < -0.3 is 9.64 Å². The van der Waals surface area contributed by atoms with E-state index in [-0.39, 0.29) is 6.04 Å². The van der Waals surface area contributed by atoms with Crippen LogP contribution in [0.5, 0.6) is 0 Å². The Balaban J connectivity index is 1.53. The van der Waals surface area contributed by atoms with Gasteiger partial charge in [-0.3, -0.25) is 4.90 Å². The second kappa shape index (κ2) is 7.04. The number of nitrogens with zero attached hydrogens (tertiary/aromatic N) is 3. The van der Waals surface area contributed by atoms with E-state index in [1.54, 1.807) is 0 Å². The Hall–Kier alpha value is -1.41. The summed E-state index contributed by atoms with van der Waals surface area (Å²) in [5, 5.41) is 9.51. The third kappa shape index (κ3) is 3.62. The van der Waals surface area contributed by atoms with E-state index in [1.807, 2.05) is 18.2 Å². The molecule has 4 heteroatoms. The minimum Gasteiger partial charge on any atom is -0.381 e. The van der Waals surface area contributed by atoms with Crippen LogP contribution in [0.15, 0.2) is 30.3 Å². The SMILES string of the molecule is N#C[C@@H](c1ccccc1)N1CCN(C[C@@H]2CCOC2)CC1. The van der Waals surface area contributed by atoms with Gasteiger partial charge in [-0.15, -0.1) is 0 Å². The first-order valence-corrected chi connectivity index (χ1v) is 7.85. The van der Waals surface area contributed by atoms with Gasteiger partial charge in [0.1, 0.15) is 6.04 Å². The van der Waals surface area contributed by atoms with Gasteiger partial charge in [0.05, 0.1) is 12.7 Å². The van der Waals surface area contributed by atoms with Gasteiger partial charge in [0, 0.05) is 39.3 Å². The van der Waals surface area contributed by atoms with Crippen molar-refractivity contribution in [3.05, 3.63) is 35.9 Å². The van der Waals surface area contributed by atoms with Crippen molar-refractivity contribution in [1.82, 2.24) is 9.80 Å². The fourth-order valence-electron chi connectivity index (χ4n) is 3.30. The van der Waals surface area contributed by atoms with Crippen LogP contribution < -0.4 is 0 Å². The molecular weight excluding hydrogens is 262 g/mol. The van der Waals surface area contributed by atoms with E-state index < -0.39 is 0 Å². The molecule has 0 saturated carbocycles. The van der Waals surface area contributed by atoms with Crippen molar-refractivity contribution in [3.8, 4) is 6.07 Å². The fourth-order valence-corrected chi connectivity index (χ4v) is 3.30. The number of nitriles is 1. The van der Waals surface area contributed by atoms with E-state index >= 15 is 0 Å². The molecule has 4 nitrogen and oxygen atoms in total. The Kier molecular flexibility index (Phi) is 4.87. The Labute approximate surface area is 126 Å². The third-order valence-corrected chi connectivity index (χ3v) is 4.55. The van der Waals surface area contributed by atoms with Crippen LogP contribution in [0.2, 0.25) is 0 Å². The maximum absolute atomic E-state index is 9.51. The summed E-state index contributed by atoms with van der Waals surface area (Å²) in [5.74, 6) is 0.706. The Bertz CT molecular complexity index is 471. The van der Waals surface area contributed by atoms with E-state index in [0.29, 0.717) is 5.92 Å². The van der Waals surface area contributed by atoms with Gasteiger partial charge in [-0.05, 0) is 17.9 Å². The monoisotopic (exact) mass is 285 g/mol. The zero-order valence-electron chi connectivity index (χ0n) is 12.4. The molecule has 2 fully saturated rings. The topological polar surface area (TPSA) is 39.5 Å². The summed E-state index contributed by atoms with van der Waals surface area (Å²) in [5.41, 5.74) is 1.11. The molecule has 2 aliphatic heterocycles. The molecular formula is C17H23N3O. The summed E-state index contributed by atoms with van der Waals surface area (Å²) in [6.07, 6.45) is 1.20. The minimum absolute atomic E-state index is 0.108. The first kappa shape index (κ1) is 14.5. The predicted octanol–water partition coefficient (Wildman–Crippen LogP) is 1.91. The zero-order chi connectivity index (χ0) is 14.5. The van der Waals surface area contributed by atoms with Gasteiger partial charge in [0.15, 0.2) is 0 Å². The van der Waals surface area contributed by atoms with Crippen LogP contribution in [0.25, 0.3) is 0 Å². The van der Waals surface area contributed by atoms with E-state index in [1.165, 1.54) is 6.42 Å². The van der Waals surface area contributed by atoms with Crippen LogP contribution in [0.4, 0.5) is 0 Å². The van der Waals surface area contributed by atoms with Crippen LogP contribution in [-0.2, 0) is 4.74 Å². The molecule has 2 saturated heterocycles. The lowest BCUT2D eigenvalue weighted by atomic mass is 10.0. The van der Waals surface area contributed by atoms with Crippen LogP contribution in [0.1, 0.15) is 18.0 Å². The van der Waals surface area contributed by atoms with Gasteiger partial charge in [-0.25, -0.2) is 0 Å². The molecule has 1 aromatic rings. The highest BCUT2D eigenvalue weighted by atomic mass is 16.5. The molecule has 112 valence electrons. The van der Waals surface area contributed by atoms with E-state index in [4.69, 9.17) is 4.74 Å². The Morgan fingerprint density at radius 3 is 2.57 bits per heavy atom. The largest absolute Gasteiger partial charge is 0.381 e. The number of rotatable bonds is 4. The fraction of sp³-hybridized carbons (Fsp3) is 0.588. The standard InChI is InChI=1S/C17H23N3O/c18-12-17(16-4-2-1-3-5-16)20-9-7-19(8-10-20)13-15-6-11-21-14-15/h1-5,15,17H,6-11,13-14H2/t15-,17-/m0/s1. The second-order valence-electron chi connectivity index (χ2n) is 6.01. The lowest BCUT2D eigenvalue weighted by Crippen LogP contribution is -2.48. The number of benzene rings is 1. The number of hydrogen-bond donors (Lipinski definition) is 0. The van der Waals surface area contributed by atoms with Crippen LogP contribution in [-0.4, -0.2) is 55.7 Å². The maximum atomic E-state index is 9.51. The van der Waals surface area contributed by atoms with Crippen molar-refractivity contribution >= 4 is 0 Å². The zero-order valence-corrected chi connectivity index (χ0v) is 12.4. The lowest BCUT2D eigenvalue weighted by Gasteiger charge is -2.37. The van der Waals surface area contributed by atoms with Gasteiger partial charge in [0.25, 0.3) is 0 Å². The quantitative estimate of drug-likeness (QED) is 0.847. The number of ether oxygens (including phenoxy) is 1. The van der Waals surface area contributed by atoms with Crippen molar-refractivity contribution in [1.29, 1.82) is 5.26 Å². The average molecular weight is 285 g/mol. The van der Waals surface area contributed by atoms with E-state index in [9.17, 15) is 5.26 Å². The lowest BCUT2D eigenvalue weighted by molar-refractivity contribution is 0.0969. The van der Waals surface area contributed by atoms with Crippen molar-refractivity contribution in [3.63, 3.8) is 0 Å². The summed E-state index contributed by atoms with van der Waals surface area (Å²) in [4.78, 5) is 4.83. The van der Waals surface area contributed by atoms with Crippen LogP contribution >= 0.6 is 0 Å². The molecule has 0 spiro atoms. The molecule has 3 rings (SSSR count). The molecule has 0 amide bonds. The molecule has 21 heavy (non-hydrogen) atoms. The molecule has 0 unspecified atom stereocenters. The summed E-state index contributed by atoms with van der Waals surface area (Å²) < 4.78 is 5.45. The molecule has 2 atom stereocenters. The highest BCUT2D eigenvalue weighted by Crippen LogP contribution is 2.22. The second-order valence-corrected chi connectivity index (χ2v) is 6.01. The molecule has 2 heterocycles. The van der Waals surface area contributed by atoms with Crippen LogP contribution in [0, 0.1) is 17.2 Å².